The van der Waals surface area contributed by atoms with Crippen LogP contribution in [0.15, 0.2) is 83.8 Å². The number of rotatable bonds is 5. The minimum absolute atomic E-state index is 0.167. The maximum absolute atomic E-state index is 13.5. The summed E-state index contributed by atoms with van der Waals surface area (Å²) in [5.74, 6) is -0.581. The predicted molar refractivity (Wildman–Crippen MR) is 112 cm³/mol. The molecule has 29 heavy (non-hydrogen) atoms. The summed E-state index contributed by atoms with van der Waals surface area (Å²) in [7, 11) is -3.74. The average molecular weight is 407 g/mol. The molecule has 3 aromatic rings. The summed E-state index contributed by atoms with van der Waals surface area (Å²) in [6, 6.07) is 23.5. The fourth-order valence-electron chi connectivity index (χ4n) is 3.89. The summed E-state index contributed by atoms with van der Waals surface area (Å²) in [5.41, 5.74) is 8.87. The number of nitrogens with zero attached hydrogens (tertiary/aromatic N) is 1. The smallest absolute Gasteiger partial charge is 0.248 e. The number of fused-ring (bicyclic) bond motifs is 1. The van der Waals surface area contributed by atoms with Crippen LogP contribution in [-0.4, -0.2) is 25.2 Å². The molecule has 1 heterocycles. The Morgan fingerprint density at radius 1 is 0.931 bits per heavy atom. The zero-order chi connectivity index (χ0) is 20.4. The van der Waals surface area contributed by atoms with Crippen molar-refractivity contribution in [3.05, 3.63) is 101 Å². The second-order valence-corrected chi connectivity index (χ2v) is 9.05. The fraction of sp³-hybridized carbons (Fsp3) is 0.174. The van der Waals surface area contributed by atoms with Gasteiger partial charge in [0.15, 0.2) is 0 Å². The molecule has 4 rings (SSSR count). The molecule has 0 bridgehead atoms. The van der Waals surface area contributed by atoms with Crippen LogP contribution < -0.4 is 5.73 Å². The SMILES string of the molecule is NC(=O)c1ccc(S(=O)(=O)N2CCc3ccccc3[C@H]2Cc2ccccc2)cc1. The second kappa shape index (κ2) is 7.81. The van der Waals surface area contributed by atoms with E-state index in [1.54, 1.807) is 4.31 Å². The van der Waals surface area contributed by atoms with Crippen LogP contribution in [0.25, 0.3) is 0 Å². The highest BCUT2D eigenvalue weighted by Crippen LogP contribution is 2.36. The number of primary amides is 1. The number of nitrogens with two attached hydrogens (primary N) is 1. The van der Waals surface area contributed by atoms with E-state index in [1.165, 1.54) is 29.8 Å². The van der Waals surface area contributed by atoms with E-state index >= 15 is 0 Å². The first kappa shape index (κ1) is 19.4. The van der Waals surface area contributed by atoms with E-state index in [2.05, 4.69) is 6.07 Å². The molecule has 3 aromatic carbocycles. The summed E-state index contributed by atoms with van der Waals surface area (Å²) in [5, 5.41) is 0. The van der Waals surface area contributed by atoms with Crippen molar-refractivity contribution in [2.24, 2.45) is 5.73 Å². The maximum atomic E-state index is 13.5. The molecule has 0 spiro atoms. The van der Waals surface area contributed by atoms with Crippen molar-refractivity contribution >= 4 is 15.9 Å². The molecule has 0 fully saturated rings. The summed E-state index contributed by atoms with van der Waals surface area (Å²) in [4.78, 5) is 11.5. The molecule has 0 unspecified atom stereocenters. The third kappa shape index (κ3) is 3.81. The molecule has 1 amide bonds. The first-order valence-corrected chi connectivity index (χ1v) is 10.9. The highest BCUT2D eigenvalue weighted by Gasteiger charge is 2.36. The number of amides is 1. The predicted octanol–water partition coefficient (Wildman–Crippen LogP) is 3.32. The van der Waals surface area contributed by atoms with Crippen molar-refractivity contribution in [1.29, 1.82) is 0 Å². The van der Waals surface area contributed by atoms with Gasteiger partial charge in [-0.2, -0.15) is 4.31 Å². The Balaban J connectivity index is 1.75. The monoisotopic (exact) mass is 406 g/mol. The van der Waals surface area contributed by atoms with E-state index in [0.717, 1.165) is 11.1 Å². The normalized spacial score (nSPS) is 16.9. The van der Waals surface area contributed by atoms with E-state index in [1.807, 2.05) is 48.5 Å². The number of carbonyl (C=O) groups is 1. The van der Waals surface area contributed by atoms with E-state index in [0.29, 0.717) is 19.4 Å². The largest absolute Gasteiger partial charge is 0.366 e. The van der Waals surface area contributed by atoms with Gasteiger partial charge < -0.3 is 5.73 Å². The van der Waals surface area contributed by atoms with Crippen LogP contribution in [0.2, 0.25) is 0 Å². The number of benzene rings is 3. The van der Waals surface area contributed by atoms with Gasteiger partial charge in [-0.05, 0) is 53.8 Å². The zero-order valence-electron chi connectivity index (χ0n) is 15.9. The molecule has 0 aromatic heterocycles. The molecule has 1 atom stereocenters. The minimum Gasteiger partial charge on any atom is -0.366 e. The van der Waals surface area contributed by atoms with Crippen LogP contribution >= 0.6 is 0 Å². The maximum Gasteiger partial charge on any atom is 0.248 e. The molecule has 5 nitrogen and oxygen atoms in total. The van der Waals surface area contributed by atoms with Crippen molar-refractivity contribution in [1.82, 2.24) is 4.31 Å². The van der Waals surface area contributed by atoms with Crippen molar-refractivity contribution < 1.29 is 13.2 Å². The summed E-state index contributed by atoms with van der Waals surface area (Å²) >= 11 is 0. The number of carbonyl (C=O) groups excluding carboxylic acids is 1. The zero-order valence-corrected chi connectivity index (χ0v) is 16.7. The molecule has 1 aliphatic heterocycles. The molecule has 0 saturated carbocycles. The Labute approximate surface area is 170 Å². The van der Waals surface area contributed by atoms with E-state index in [-0.39, 0.29) is 16.5 Å². The van der Waals surface area contributed by atoms with Crippen LogP contribution in [0.3, 0.4) is 0 Å². The first-order valence-electron chi connectivity index (χ1n) is 9.50. The highest BCUT2D eigenvalue weighted by molar-refractivity contribution is 7.89. The third-order valence-corrected chi connectivity index (χ3v) is 7.30. The standard InChI is InChI=1S/C23H22N2O3S/c24-23(26)19-10-12-20(13-11-19)29(27,28)25-15-14-18-8-4-5-9-21(18)22(25)16-17-6-2-1-3-7-17/h1-13,22H,14-16H2,(H2,24,26)/t22-/m1/s1. The van der Waals surface area contributed by atoms with Crippen LogP contribution in [0.5, 0.6) is 0 Å². The molecule has 148 valence electrons. The molecule has 0 saturated heterocycles. The Bertz CT molecular complexity index is 1130. The molecule has 6 heteroatoms. The van der Waals surface area contributed by atoms with Gasteiger partial charge in [0.2, 0.25) is 15.9 Å². The van der Waals surface area contributed by atoms with Crippen LogP contribution in [0.4, 0.5) is 0 Å². The molecule has 1 aliphatic rings. The average Bonchev–Trinajstić information content (AvgIpc) is 2.74. The lowest BCUT2D eigenvalue weighted by Crippen LogP contribution is -2.41. The van der Waals surface area contributed by atoms with Gasteiger partial charge in [0.25, 0.3) is 0 Å². The topological polar surface area (TPSA) is 80.5 Å². The second-order valence-electron chi connectivity index (χ2n) is 7.16. The summed E-state index contributed by atoms with van der Waals surface area (Å²) in [6.45, 7) is 0.411. The van der Waals surface area contributed by atoms with Crippen molar-refractivity contribution in [2.45, 2.75) is 23.8 Å². The van der Waals surface area contributed by atoms with Gasteiger partial charge >= 0.3 is 0 Å². The third-order valence-electron chi connectivity index (χ3n) is 5.38. The van der Waals surface area contributed by atoms with Crippen molar-refractivity contribution in [3.8, 4) is 0 Å². The Morgan fingerprint density at radius 3 is 2.28 bits per heavy atom. The van der Waals surface area contributed by atoms with Crippen molar-refractivity contribution in [3.63, 3.8) is 0 Å². The molecule has 0 radical (unpaired) electrons. The lowest BCUT2D eigenvalue weighted by Gasteiger charge is -2.36. The molecular formula is C23H22N2O3S. The molecule has 2 N–H and O–H groups in total. The highest BCUT2D eigenvalue weighted by atomic mass is 32.2. The lowest BCUT2D eigenvalue weighted by molar-refractivity contribution is 0.1000. The van der Waals surface area contributed by atoms with Gasteiger partial charge in [0.05, 0.1) is 10.9 Å². The minimum atomic E-state index is -3.74. The lowest BCUT2D eigenvalue weighted by atomic mass is 9.90. The Kier molecular flexibility index (Phi) is 5.22. The first-order chi connectivity index (χ1) is 14.0. The van der Waals surface area contributed by atoms with Gasteiger partial charge in [-0.1, -0.05) is 54.6 Å². The quantitative estimate of drug-likeness (QED) is 0.706. The van der Waals surface area contributed by atoms with Gasteiger partial charge in [-0.15, -0.1) is 0 Å². The number of sulfonamides is 1. The van der Waals surface area contributed by atoms with E-state index in [4.69, 9.17) is 5.73 Å². The number of hydrogen-bond acceptors (Lipinski definition) is 3. The van der Waals surface area contributed by atoms with Crippen molar-refractivity contribution in [2.75, 3.05) is 6.54 Å². The fourth-order valence-corrected chi connectivity index (χ4v) is 5.50. The molecule has 0 aliphatic carbocycles. The number of hydrogen-bond donors (Lipinski definition) is 1. The van der Waals surface area contributed by atoms with Crippen LogP contribution in [0, 0.1) is 0 Å². The Hall–Kier alpha value is -2.96. The van der Waals surface area contributed by atoms with Gasteiger partial charge in [-0.3, -0.25) is 4.79 Å². The van der Waals surface area contributed by atoms with Gasteiger partial charge in [0, 0.05) is 12.1 Å². The van der Waals surface area contributed by atoms with Crippen LogP contribution in [-0.2, 0) is 22.9 Å². The van der Waals surface area contributed by atoms with Crippen LogP contribution in [0.1, 0.15) is 33.1 Å². The van der Waals surface area contributed by atoms with Gasteiger partial charge in [0.1, 0.15) is 0 Å². The Morgan fingerprint density at radius 2 is 1.59 bits per heavy atom. The van der Waals surface area contributed by atoms with Gasteiger partial charge in [-0.25, -0.2) is 8.42 Å². The summed E-state index contributed by atoms with van der Waals surface area (Å²) in [6.07, 6.45) is 1.26. The van der Waals surface area contributed by atoms with E-state index in [9.17, 15) is 13.2 Å². The summed E-state index contributed by atoms with van der Waals surface area (Å²) < 4.78 is 28.6. The molecular weight excluding hydrogens is 384 g/mol. The van der Waals surface area contributed by atoms with E-state index < -0.39 is 15.9 Å².